The van der Waals surface area contributed by atoms with E-state index in [1.54, 1.807) is 0 Å². The third kappa shape index (κ3) is 4.02. The van der Waals surface area contributed by atoms with Crippen molar-refractivity contribution in [3.63, 3.8) is 0 Å². The number of hydrogen-bond donors (Lipinski definition) is 2. The molecule has 84 valence electrons. The van der Waals surface area contributed by atoms with Gasteiger partial charge in [0.25, 0.3) is 0 Å². The maximum Gasteiger partial charge on any atom is 0.0428 e. The SMILES string of the molecule is CC(C)(C)c1ccc(CCNCN)cc1. The topological polar surface area (TPSA) is 38.0 Å². The molecule has 1 rings (SSSR count). The first kappa shape index (κ1) is 12.2. The fourth-order valence-corrected chi connectivity index (χ4v) is 1.51. The van der Waals surface area contributed by atoms with Crippen molar-refractivity contribution in [2.75, 3.05) is 13.2 Å². The van der Waals surface area contributed by atoms with Crippen molar-refractivity contribution in [3.8, 4) is 0 Å². The first-order chi connectivity index (χ1) is 7.04. The predicted molar refractivity (Wildman–Crippen MR) is 65.9 cm³/mol. The van der Waals surface area contributed by atoms with Gasteiger partial charge in [0, 0.05) is 13.2 Å². The third-order valence-corrected chi connectivity index (χ3v) is 2.55. The highest BCUT2D eigenvalue weighted by Crippen LogP contribution is 2.22. The van der Waals surface area contributed by atoms with E-state index in [9.17, 15) is 0 Å². The molecule has 1 aromatic carbocycles. The lowest BCUT2D eigenvalue weighted by molar-refractivity contribution is 0.590. The van der Waals surface area contributed by atoms with Gasteiger partial charge < -0.3 is 11.1 Å². The first-order valence-electron chi connectivity index (χ1n) is 5.54. The minimum absolute atomic E-state index is 0.244. The maximum absolute atomic E-state index is 5.36. The van der Waals surface area contributed by atoms with Crippen LogP contribution in [0.15, 0.2) is 24.3 Å². The second-order valence-corrected chi connectivity index (χ2v) is 4.90. The van der Waals surface area contributed by atoms with Crippen LogP contribution in [-0.2, 0) is 11.8 Å². The molecule has 2 heteroatoms. The molecular formula is C13H22N2. The Balaban J connectivity index is 2.57. The summed E-state index contributed by atoms with van der Waals surface area (Å²) in [7, 11) is 0. The van der Waals surface area contributed by atoms with Crippen LogP contribution in [0.2, 0.25) is 0 Å². The van der Waals surface area contributed by atoms with Gasteiger partial charge in [-0.1, -0.05) is 45.0 Å². The molecule has 0 aliphatic rings. The molecule has 0 heterocycles. The summed E-state index contributed by atoms with van der Waals surface area (Å²) in [5.74, 6) is 0. The summed E-state index contributed by atoms with van der Waals surface area (Å²) >= 11 is 0. The van der Waals surface area contributed by atoms with Crippen LogP contribution in [0, 0.1) is 0 Å². The average molecular weight is 206 g/mol. The molecule has 0 aliphatic carbocycles. The van der Waals surface area contributed by atoms with E-state index in [4.69, 9.17) is 5.73 Å². The Labute approximate surface area is 92.9 Å². The van der Waals surface area contributed by atoms with Crippen LogP contribution in [0.1, 0.15) is 31.9 Å². The van der Waals surface area contributed by atoms with E-state index in [0.717, 1.165) is 13.0 Å². The van der Waals surface area contributed by atoms with Crippen molar-refractivity contribution in [1.82, 2.24) is 5.32 Å². The normalized spacial score (nSPS) is 11.7. The van der Waals surface area contributed by atoms with Crippen LogP contribution in [-0.4, -0.2) is 13.2 Å². The number of nitrogens with one attached hydrogen (secondary N) is 1. The summed E-state index contributed by atoms with van der Waals surface area (Å²) in [6, 6.07) is 8.85. The molecular weight excluding hydrogens is 184 g/mol. The lowest BCUT2D eigenvalue weighted by atomic mass is 9.86. The summed E-state index contributed by atoms with van der Waals surface area (Å²) < 4.78 is 0. The Hall–Kier alpha value is -0.860. The third-order valence-electron chi connectivity index (χ3n) is 2.55. The van der Waals surface area contributed by atoms with Crippen molar-refractivity contribution in [3.05, 3.63) is 35.4 Å². The van der Waals surface area contributed by atoms with Crippen LogP contribution in [0.5, 0.6) is 0 Å². The lowest BCUT2D eigenvalue weighted by Crippen LogP contribution is -2.24. The lowest BCUT2D eigenvalue weighted by Gasteiger charge is -2.19. The zero-order valence-electron chi connectivity index (χ0n) is 10.0. The largest absolute Gasteiger partial charge is 0.318 e. The number of nitrogens with two attached hydrogens (primary N) is 1. The zero-order valence-corrected chi connectivity index (χ0v) is 10.0. The summed E-state index contributed by atoms with van der Waals surface area (Å²) in [4.78, 5) is 0. The van der Waals surface area contributed by atoms with Gasteiger partial charge in [-0.05, 0) is 23.0 Å². The average Bonchev–Trinajstić information content (AvgIpc) is 2.18. The van der Waals surface area contributed by atoms with Gasteiger partial charge in [0.1, 0.15) is 0 Å². The van der Waals surface area contributed by atoms with Gasteiger partial charge in [-0.15, -0.1) is 0 Å². The molecule has 0 radical (unpaired) electrons. The second-order valence-electron chi connectivity index (χ2n) is 4.90. The van der Waals surface area contributed by atoms with Gasteiger partial charge in [0.2, 0.25) is 0 Å². The molecule has 0 saturated heterocycles. The summed E-state index contributed by atoms with van der Waals surface area (Å²) in [5, 5.41) is 3.12. The molecule has 1 aromatic rings. The molecule has 0 fully saturated rings. The van der Waals surface area contributed by atoms with E-state index < -0.39 is 0 Å². The summed E-state index contributed by atoms with van der Waals surface area (Å²) in [5.41, 5.74) is 8.36. The van der Waals surface area contributed by atoms with Gasteiger partial charge in [-0.3, -0.25) is 0 Å². The van der Waals surface area contributed by atoms with Crippen molar-refractivity contribution < 1.29 is 0 Å². The van der Waals surface area contributed by atoms with Gasteiger partial charge in [-0.2, -0.15) is 0 Å². The van der Waals surface area contributed by atoms with Crippen molar-refractivity contribution in [2.24, 2.45) is 5.73 Å². The predicted octanol–water partition coefficient (Wildman–Crippen LogP) is 2.03. The van der Waals surface area contributed by atoms with Crippen molar-refractivity contribution >= 4 is 0 Å². The standard InChI is InChI=1S/C13H22N2/c1-13(2,3)12-6-4-11(5-7-12)8-9-15-10-14/h4-7,15H,8-10,14H2,1-3H3. The molecule has 0 saturated carbocycles. The molecule has 0 bridgehead atoms. The maximum atomic E-state index is 5.36. The Bertz CT molecular complexity index is 282. The number of hydrogen-bond acceptors (Lipinski definition) is 2. The van der Waals surface area contributed by atoms with Crippen LogP contribution >= 0.6 is 0 Å². The van der Waals surface area contributed by atoms with E-state index in [-0.39, 0.29) is 5.41 Å². The minimum atomic E-state index is 0.244. The van der Waals surface area contributed by atoms with E-state index >= 15 is 0 Å². The second kappa shape index (κ2) is 5.29. The molecule has 0 unspecified atom stereocenters. The molecule has 2 nitrogen and oxygen atoms in total. The quantitative estimate of drug-likeness (QED) is 0.584. The number of rotatable bonds is 4. The van der Waals surface area contributed by atoms with Crippen molar-refractivity contribution in [1.29, 1.82) is 0 Å². The highest BCUT2D eigenvalue weighted by Gasteiger charge is 2.12. The molecule has 3 N–H and O–H groups in total. The van der Waals surface area contributed by atoms with Gasteiger partial charge in [0.15, 0.2) is 0 Å². The Kier molecular flexibility index (Phi) is 4.30. The summed E-state index contributed by atoms with van der Waals surface area (Å²) in [6.45, 7) is 8.21. The minimum Gasteiger partial charge on any atom is -0.318 e. The van der Waals surface area contributed by atoms with E-state index in [1.807, 2.05) is 0 Å². The fraction of sp³-hybridized carbons (Fsp3) is 0.538. The van der Waals surface area contributed by atoms with Crippen LogP contribution < -0.4 is 11.1 Å². The van der Waals surface area contributed by atoms with Crippen LogP contribution in [0.25, 0.3) is 0 Å². The smallest absolute Gasteiger partial charge is 0.0428 e. The molecule has 0 aromatic heterocycles. The molecule has 0 atom stereocenters. The zero-order chi connectivity index (χ0) is 11.3. The molecule has 0 amide bonds. The number of benzene rings is 1. The van der Waals surface area contributed by atoms with E-state index in [1.165, 1.54) is 11.1 Å². The molecule has 0 spiro atoms. The van der Waals surface area contributed by atoms with Crippen LogP contribution in [0.4, 0.5) is 0 Å². The fourth-order valence-electron chi connectivity index (χ4n) is 1.51. The highest BCUT2D eigenvalue weighted by atomic mass is 14.9. The van der Waals surface area contributed by atoms with Crippen LogP contribution in [0.3, 0.4) is 0 Å². The van der Waals surface area contributed by atoms with Gasteiger partial charge in [0.05, 0.1) is 0 Å². The molecule has 15 heavy (non-hydrogen) atoms. The van der Waals surface area contributed by atoms with Gasteiger partial charge in [-0.25, -0.2) is 0 Å². The Morgan fingerprint density at radius 3 is 2.20 bits per heavy atom. The Morgan fingerprint density at radius 1 is 1.13 bits per heavy atom. The van der Waals surface area contributed by atoms with E-state index in [0.29, 0.717) is 6.67 Å². The Morgan fingerprint density at radius 2 is 1.73 bits per heavy atom. The monoisotopic (exact) mass is 206 g/mol. The van der Waals surface area contributed by atoms with Crippen molar-refractivity contribution in [2.45, 2.75) is 32.6 Å². The molecule has 0 aliphatic heterocycles. The first-order valence-corrected chi connectivity index (χ1v) is 5.54. The highest BCUT2D eigenvalue weighted by molar-refractivity contribution is 5.27. The summed E-state index contributed by atoms with van der Waals surface area (Å²) in [6.07, 6.45) is 1.04. The van der Waals surface area contributed by atoms with E-state index in [2.05, 4.69) is 50.4 Å². The van der Waals surface area contributed by atoms with Gasteiger partial charge >= 0.3 is 0 Å².